The number of aryl methyl sites for hydroxylation is 1. The van der Waals surface area contributed by atoms with Gasteiger partial charge in [-0.05, 0) is 54.6 Å². The summed E-state index contributed by atoms with van der Waals surface area (Å²) in [6, 6.07) is 17.7. The van der Waals surface area contributed by atoms with Crippen LogP contribution in [0.4, 0.5) is 0 Å². The molecule has 0 saturated carbocycles. The molecule has 2 aromatic rings. The van der Waals surface area contributed by atoms with Crippen molar-refractivity contribution < 1.29 is 4.74 Å². The third kappa shape index (κ3) is 2.86. The van der Waals surface area contributed by atoms with Gasteiger partial charge in [0.25, 0.3) is 0 Å². The van der Waals surface area contributed by atoms with E-state index in [1.165, 1.54) is 16.7 Å². The van der Waals surface area contributed by atoms with Crippen molar-refractivity contribution in [3.63, 3.8) is 0 Å². The molecule has 1 unspecified atom stereocenters. The maximum absolute atomic E-state index is 5.20. The van der Waals surface area contributed by atoms with Crippen molar-refractivity contribution in [3.05, 3.63) is 65.2 Å². The fourth-order valence-corrected chi connectivity index (χ4v) is 2.95. The lowest BCUT2D eigenvalue weighted by atomic mass is 9.91. The van der Waals surface area contributed by atoms with Crippen LogP contribution in [0.15, 0.2) is 48.5 Å². The molecule has 3 rings (SSSR count). The smallest absolute Gasteiger partial charge is 0.118 e. The molecule has 0 fully saturated rings. The SMILES string of the molecule is COc1ccc(CCC2NCCc3ccccc32)cc1. The van der Waals surface area contributed by atoms with Crippen molar-refractivity contribution in [1.29, 1.82) is 0 Å². The van der Waals surface area contributed by atoms with Gasteiger partial charge in [-0.3, -0.25) is 0 Å². The van der Waals surface area contributed by atoms with Gasteiger partial charge in [0, 0.05) is 6.04 Å². The zero-order chi connectivity index (χ0) is 13.8. The summed E-state index contributed by atoms with van der Waals surface area (Å²) in [7, 11) is 1.71. The Balaban J connectivity index is 1.66. The predicted molar refractivity (Wildman–Crippen MR) is 82.2 cm³/mol. The van der Waals surface area contributed by atoms with E-state index in [1.807, 2.05) is 12.1 Å². The number of methoxy groups -OCH3 is 1. The van der Waals surface area contributed by atoms with Crippen LogP contribution in [0.2, 0.25) is 0 Å². The molecule has 1 heterocycles. The van der Waals surface area contributed by atoms with E-state index in [0.717, 1.165) is 31.6 Å². The molecular formula is C18H21NO. The first-order valence-corrected chi connectivity index (χ1v) is 7.31. The highest BCUT2D eigenvalue weighted by molar-refractivity contribution is 5.33. The van der Waals surface area contributed by atoms with Crippen LogP contribution < -0.4 is 10.1 Å². The van der Waals surface area contributed by atoms with Crippen molar-refractivity contribution in [2.75, 3.05) is 13.7 Å². The summed E-state index contributed by atoms with van der Waals surface area (Å²) < 4.78 is 5.20. The van der Waals surface area contributed by atoms with Crippen LogP contribution in [0.1, 0.15) is 29.2 Å². The fourth-order valence-electron chi connectivity index (χ4n) is 2.95. The number of benzene rings is 2. The van der Waals surface area contributed by atoms with Crippen LogP contribution in [0.25, 0.3) is 0 Å². The standard InChI is InChI=1S/C18H21NO/c1-20-16-9-6-14(7-10-16)8-11-18-17-5-3-2-4-15(17)12-13-19-18/h2-7,9-10,18-19H,8,11-13H2,1H3. The summed E-state index contributed by atoms with van der Waals surface area (Å²) >= 11 is 0. The lowest BCUT2D eigenvalue weighted by molar-refractivity contribution is 0.414. The largest absolute Gasteiger partial charge is 0.497 e. The van der Waals surface area contributed by atoms with Crippen LogP contribution in [0.5, 0.6) is 5.75 Å². The van der Waals surface area contributed by atoms with E-state index in [1.54, 1.807) is 7.11 Å². The molecule has 0 spiro atoms. The Morgan fingerprint density at radius 3 is 2.70 bits per heavy atom. The second kappa shape index (κ2) is 6.10. The van der Waals surface area contributed by atoms with Crippen molar-refractivity contribution in [2.45, 2.75) is 25.3 Å². The second-order valence-corrected chi connectivity index (χ2v) is 5.34. The minimum Gasteiger partial charge on any atom is -0.497 e. The Morgan fingerprint density at radius 2 is 1.90 bits per heavy atom. The molecule has 2 aromatic carbocycles. The van der Waals surface area contributed by atoms with Gasteiger partial charge in [-0.25, -0.2) is 0 Å². The summed E-state index contributed by atoms with van der Waals surface area (Å²) in [6.45, 7) is 1.09. The summed E-state index contributed by atoms with van der Waals surface area (Å²) in [5.41, 5.74) is 4.36. The summed E-state index contributed by atoms with van der Waals surface area (Å²) in [5, 5.41) is 3.64. The normalized spacial score (nSPS) is 17.6. The fraction of sp³-hybridized carbons (Fsp3) is 0.333. The van der Waals surface area contributed by atoms with E-state index in [0.29, 0.717) is 6.04 Å². The first-order valence-electron chi connectivity index (χ1n) is 7.31. The highest BCUT2D eigenvalue weighted by Gasteiger charge is 2.18. The van der Waals surface area contributed by atoms with Gasteiger partial charge in [0.1, 0.15) is 5.75 Å². The van der Waals surface area contributed by atoms with E-state index in [4.69, 9.17) is 4.74 Å². The molecule has 0 aliphatic carbocycles. The topological polar surface area (TPSA) is 21.3 Å². The third-order valence-corrected chi connectivity index (χ3v) is 4.10. The lowest BCUT2D eigenvalue weighted by Crippen LogP contribution is -2.30. The van der Waals surface area contributed by atoms with Crippen molar-refractivity contribution >= 4 is 0 Å². The highest BCUT2D eigenvalue weighted by Crippen LogP contribution is 2.26. The van der Waals surface area contributed by atoms with Crippen LogP contribution >= 0.6 is 0 Å². The quantitative estimate of drug-likeness (QED) is 0.915. The van der Waals surface area contributed by atoms with Crippen LogP contribution in [-0.2, 0) is 12.8 Å². The minimum atomic E-state index is 0.488. The maximum Gasteiger partial charge on any atom is 0.118 e. The number of fused-ring (bicyclic) bond motifs is 1. The number of nitrogens with one attached hydrogen (secondary N) is 1. The van der Waals surface area contributed by atoms with Crippen molar-refractivity contribution in [2.24, 2.45) is 0 Å². The van der Waals surface area contributed by atoms with Gasteiger partial charge in [0.05, 0.1) is 7.11 Å². The van der Waals surface area contributed by atoms with Crippen molar-refractivity contribution in [1.82, 2.24) is 5.32 Å². The average Bonchev–Trinajstić information content (AvgIpc) is 2.53. The molecular weight excluding hydrogens is 246 g/mol. The summed E-state index contributed by atoms with van der Waals surface area (Å²) in [4.78, 5) is 0. The number of rotatable bonds is 4. The summed E-state index contributed by atoms with van der Waals surface area (Å²) in [5.74, 6) is 0.926. The van der Waals surface area contributed by atoms with Gasteiger partial charge in [0.2, 0.25) is 0 Å². The number of hydrogen-bond donors (Lipinski definition) is 1. The number of hydrogen-bond acceptors (Lipinski definition) is 2. The molecule has 2 nitrogen and oxygen atoms in total. The molecule has 1 aliphatic rings. The molecule has 1 N–H and O–H groups in total. The zero-order valence-electron chi connectivity index (χ0n) is 11.9. The first kappa shape index (κ1) is 13.2. The van der Waals surface area contributed by atoms with E-state index < -0.39 is 0 Å². The molecule has 0 bridgehead atoms. The summed E-state index contributed by atoms with van der Waals surface area (Å²) in [6.07, 6.45) is 3.38. The van der Waals surface area contributed by atoms with Gasteiger partial charge in [0.15, 0.2) is 0 Å². The Bertz CT molecular complexity index is 562. The molecule has 0 aromatic heterocycles. The Labute approximate surface area is 120 Å². The van der Waals surface area contributed by atoms with Crippen molar-refractivity contribution in [3.8, 4) is 5.75 Å². The van der Waals surface area contributed by atoms with Gasteiger partial charge in [-0.1, -0.05) is 36.4 Å². The van der Waals surface area contributed by atoms with Crippen LogP contribution in [-0.4, -0.2) is 13.7 Å². The Morgan fingerprint density at radius 1 is 1.10 bits per heavy atom. The van der Waals surface area contributed by atoms with Gasteiger partial charge in [-0.15, -0.1) is 0 Å². The maximum atomic E-state index is 5.20. The number of ether oxygens (including phenoxy) is 1. The van der Waals surface area contributed by atoms with E-state index in [9.17, 15) is 0 Å². The second-order valence-electron chi connectivity index (χ2n) is 5.34. The van der Waals surface area contributed by atoms with E-state index in [2.05, 4.69) is 41.7 Å². The van der Waals surface area contributed by atoms with Crippen LogP contribution in [0, 0.1) is 0 Å². The molecule has 20 heavy (non-hydrogen) atoms. The highest BCUT2D eigenvalue weighted by atomic mass is 16.5. The average molecular weight is 267 g/mol. The molecule has 0 radical (unpaired) electrons. The minimum absolute atomic E-state index is 0.488. The van der Waals surface area contributed by atoms with Gasteiger partial charge in [-0.2, -0.15) is 0 Å². The van der Waals surface area contributed by atoms with Gasteiger partial charge >= 0.3 is 0 Å². The molecule has 0 saturated heterocycles. The lowest BCUT2D eigenvalue weighted by Gasteiger charge is -2.27. The van der Waals surface area contributed by atoms with E-state index >= 15 is 0 Å². The monoisotopic (exact) mass is 267 g/mol. The van der Waals surface area contributed by atoms with E-state index in [-0.39, 0.29) is 0 Å². The zero-order valence-corrected chi connectivity index (χ0v) is 11.9. The molecule has 104 valence electrons. The first-order chi connectivity index (χ1) is 9.86. The Kier molecular flexibility index (Phi) is 4.03. The van der Waals surface area contributed by atoms with Crippen LogP contribution in [0.3, 0.4) is 0 Å². The molecule has 0 amide bonds. The Hall–Kier alpha value is -1.80. The third-order valence-electron chi connectivity index (χ3n) is 4.10. The molecule has 1 atom stereocenters. The molecule has 2 heteroatoms. The van der Waals surface area contributed by atoms with Gasteiger partial charge < -0.3 is 10.1 Å². The molecule has 1 aliphatic heterocycles. The predicted octanol–water partition coefficient (Wildman–Crippen LogP) is 3.51.